The van der Waals surface area contributed by atoms with Crippen molar-refractivity contribution in [3.05, 3.63) is 60.3 Å². The van der Waals surface area contributed by atoms with Gasteiger partial charge in [-0.25, -0.2) is 0 Å². The highest BCUT2D eigenvalue weighted by Crippen LogP contribution is 2.67. The summed E-state index contributed by atoms with van der Waals surface area (Å²) in [6.45, 7) is 14.8. The molecule has 0 radical (unpaired) electrons. The molecule has 4 rings (SSSR count). The van der Waals surface area contributed by atoms with Crippen molar-refractivity contribution in [2.75, 3.05) is 0 Å². The van der Waals surface area contributed by atoms with E-state index in [-0.39, 0.29) is 23.3 Å². The SMILES string of the molecule is CCCCC/C=C\C/C=C\C/C=C\C=C\C(=O)CCCC(=O)O[C@H]1CC[C@@]2(C)C(=CC[C@H]3[C@@H]4CC[C@H]([C@H](C)CCCC(C)C)[C@@]4(C)CC[C@@H]32)C1. The highest BCUT2D eigenvalue weighted by atomic mass is 16.5. The van der Waals surface area contributed by atoms with Crippen molar-refractivity contribution in [3.8, 4) is 0 Å². The molecule has 280 valence electrons. The molecular weight excluding hydrogens is 613 g/mol. The van der Waals surface area contributed by atoms with Crippen molar-refractivity contribution in [3.63, 3.8) is 0 Å². The lowest BCUT2D eigenvalue weighted by Gasteiger charge is -2.58. The molecule has 3 fully saturated rings. The lowest BCUT2D eigenvalue weighted by atomic mass is 9.47. The number of allylic oxidation sites excluding steroid dienone is 9. The number of fused-ring (bicyclic) bond motifs is 5. The third-order valence-corrected chi connectivity index (χ3v) is 13.7. The van der Waals surface area contributed by atoms with Crippen LogP contribution in [0.3, 0.4) is 0 Å². The highest BCUT2D eigenvalue weighted by molar-refractivity contribution is 5.90. The van der Waals surface area contributed by atoms with Gasteiger partial charge in [0.15, 0.2) is 5.78 Å². The monoisotopic (exact) mass is 687 g/mol. The van der Waals surface area contributed by atoms with E-state index in [0.717, 1.165) is 67.6 Å². The summed E-state index contributed by atoms with van der Waals surface area (Å²) in [5, 5.41) is 0. The van der Waals surface area contributed by atoms with Crippen LogP contribution in [0.5, 0.6) is 0 Å². The van der Waals surface area contributed by atoms with E-state index in [1.54, 1.807) is 11.6 Å². The van der Waals surface area contributed by atoms with Gasteiger partial charge < -0.3 is 4.74 Å². The number of unbranched alkanes of at least 4 members (excludes halogenated alkanes) is 3. The third-order valence-electron chi connectivity index (χ3n) is 13.7. The summed E-state index contributed by atoms with van der Waals surface area (Å²) in [6, 6.07) is 0. The van der Waals surface area contributed by atoms with E-state index in [1.807, 2.05) is 12.2 Å². The van der Waals surface area contributed by atoms with Crippen molar-refractivity contribution >= 4 is 11.8 Å². The van der Waals surface area contributed by atoms with E-state index in [1.165, 1.54) is 77.0 Å². The first-order valence-corrected chi connectivity index (χ1v) is 21.1. The second-order valence-electron chi connectivity index (χ2n) is 17.7. The number of esters is 1. The van der Waals surface area contributed by atoms with Crippen LogP contribution in [0.1, 0.15) is 170 Å². The van der Waals surface area contributed by atoms with Gasteiger partial charge in [0, 0.05) is 19.3 Å². The number of carbonyl (C=O) groups excluding carboxylic acids is 2. The van der Waals surface area contributed by atoms with Crippen molar-refractivity contribution in [2.45, 2.75) is 176 Å². The summed E-state index contributed by atoms with van der Waals surface area (Å²) in [4.78, 5) is 25.1. The molecule has 3 saturated carbocycles. The number of ether oxygens (including phenoxy) is 1. The van der Waals surface area contributed by atoms with E-state index >= 15 is 0 Å². The quantitative estimate of drug-likeness (QED) is 0.0421. The molecular formula is C47H74O3. The molecule has 0 spiro atoms. The third kappa shape index (κ3) is 11.2. The summed E-state index contributed by atoms with van der Waals surface area (Å²) < 4.78 is 6.03. The Hall–Kier alpha value is -2.16. The van der Waals surface area contributed by atoms with Gasteiger partial charge in [0.25, 0.3) is 0 Å². The normalized spacial score (nSPS) is 31.7. The maximum atomic E-state index is 12.8. The fourth-order valence-corrected chi connectivity index (χ4v) is 10.9. The predicted molar refractivity (Wildman–Crippen MR) is 212 cm³/mol. The zero-order valence-corrected chi connectivity index (χ0v) is 33.1. The van der Waals surface area contributed by atoms with Crippen LogP contribution in [-0.4, -0.2) is 17.9 Å². The van der Waals surface area contributed by atoms with Crippen LogP contribution in [0.15, 0.2) is 60.3 Å². The van der Waals surface area contributed by atoms with Crippen molar-refractivity contribution in [1.82, 2.24) is 0 Å². The van der Waals surface area contributed by atoms with Gasteiger partial charge in [-0.3, -0.25) is 9.59 Å². The molecule has 0 bridgehead atoms. The van der Waals surface area contributed by atoms with Gasteiger partial charge in [-0.05, 0) is 129 Å². The fraction of sp³-hybridized carbons (Fsp3) is 0.745. The van der Waals surface area contributed by atoms with Crippen LogP contribution in [-0.2, 0) is 14.3 Å². The number of ketones is 1. The minimum absolute atomic E-state index is 0.00798. The molecule has 0 aliphatic heterocycles. The maximum absolute atomic E-state index is 12.8. The topological polar surface area (TPSA) is 43.4 Å². The smallest absolute Gasteiger partial charge is 0.306 e. The zero-order chi connectivity index (χ0) is 36.0. The molecule has 4 aliphatic carbocycles. The molecule has 3 heteroatoms. The number of hydrogen-bond acceptors (Lipinski definition) is 3. The summed E-state index contributed by atoms with van der Waals surface area (Å²) in [7, 11) is 0. The van der Waals surface area contributed by atoms with Crippen molar-refractivity contribution in [1.29, 1.82) is 0 Å². The zero-order valence-electron chi connectivity index (χ0n) is 33.1. The Balaban J connectivity index is 1.15. The first kappa shape index (κ1) is 40.6. The van der Waals surface area contributed by atoms with Gasteiger partial charge in [-0.15, -0.1) is 0 Å². The number of rotatable bonds is 20. The Bertz CT molecular complexity index is 1220. The lowest BCUT2D eigenvalue weighted by molar-refractivity contribution is -0.151. The molecule has 4 aliphatic rings. The summed E-state index contributed by atoms with van der Waals surface area (Å²) >= 11 is 0. The molecule has 0 saturated heterocycles. The summed E-state index contributed by atoms with van der Waals surface area (Å²) in [5.74, 6) is 4.97. The van der Waals surface area contributed by atoms with Crippen LogP contribution in [0.4, 0.5) is 0 Å². The second kappa shape index (κ2) is 20.2. The number of carbonyl (C=O) groups is 2. The fourth-order valence-electron chi connectivity index (χ4n) is 10.9. The van der Waals surface area contributed by atoms with E-state index < -0.39 is 0 Å². The van der Waals surface area contributed by atoms with Crippen LogP contribution >= 0.6 is 0 Å². The van der Waals surface area contributed by atoms with Gasteiger partial charge in [0.2, 0.25) is 0 Å². The van der Waals surface area contributed by atoms with E-state index in [2.05, 4.69) is 78.0 Å². The van der Waals surface area contributed by atoms with Crippen LogP contribution in [0, 0.1) is 46.3 Å². The summed E-state index contributed by atoms with van der Waals surface area (Å²) in [6.07, 6.45) is 41.1. The van der Waals surface area contributed by atoms with Crippen LogP contribution in [0.2, 0.25) is 0 Å². The van der Waals surface area contributed by atoms with Crippen molar-refractivity contribution in [2.24, 2.45) is 46.3 Å². The molecule has 0 aromatic heterocycles. The van der Waals surface area contributed by atoms with Gasteiger partial charge in [-0.2, -0.15) is 0 Å². The molecule has 0 N–H and O–H groups in total. The molecule has 0 heterocycles. The van der Waals surface area contributed by atoms with Crippen LogP contribution in [0.25, 0.3) is 0 Å². The lowest BCUT2D eigenvalue weighted by Crippen LogP contribution is -2.51. The Morgan fingerprint density at radius 3 is 2.40 bits per heavy atom. The van der Waals surface area contributed by atoms with Gasteiger partial charge in [0.05, 0.1) is 0 Å². The van der Waals surface area contributed by atoms with Crippen LogP contribution < -0.4 is 0 Å². The van der Waals surface area contributed by atoms with Gasteiger partial charge in [-0.1, -0.05) is 128 Å². The minimum atomic E-state index is -0.139. The molecule has 0 unspecified atom stereocenters. The molecule has 50 heavy (non-hydrogen) atoms. The Kier molecular flexibility index (Phi) is 16.4. The standard InChI is InChI=1S/C47H74O3/c1-7-8-9-10-11-12-13-14-15-16-17-18-19-24-39(48)25-21-26-45(49)50-40-31-33-46(5)38(35-40)27-28-41-43-30-29-42(37(4)23-20-22-36(2)3)47(43,6)34-32-44(41)46/h11-12,14-15,17-19,24,27,36-37,40-44H,7-10,13,16,20-23,25-26,28-35H2,1-6H3/b12-11-,15-14-,18-17-,24-19+/t37-,40+,41+,42-,43+,44+,46+,47-/m1/s1. The molecule has 8 atom stereocenters. The molecule has 0 aromatic rings. The average molecular weight is 687 g/mol. The van der Waals surface area contributed by atoms with E-state index in [4.69, 9.17) is 4.74 Å². The van der Waals surface area contributed by atoms with Gasteiger partial charge >= 0.3 is 5.97 Å². The van der Waals surface area contributed by atoms with Crippen molar-refractivity contribution < 1.29 is 14.3 Å². The Labute approximate surface area is 307 Å². The number of hydrogen-bond donors (Lipinski definition) is 0. The van der Waals surface area contributed by atoms with E-state index in [9.17, 15) is 9.59 Å². The molecule has 0 amide bonds. The molecule has 3 nitrogen and oxygen atoms in total. The maximum Gasteiger partial charge on any atom is 0.306 e. The Morgan fingerprint density at radius 2 is 1.62 bits per heavy atom. The van der Waals surface area contributed by atoms with E-state index in [0.29, 0.717) is 24.7 Å². The highest BCUT2D eigenvalue weighted by Gasteiger charge is 2.59. The van der Waals surface area contributed by atoms with Gasteiger partial charge in [0.1, 0.15) is 6.10 Å². The first-order valence-electron chi connectivity index (χ1n) is 21.1. The second-order valence-corrected chi connectivity index (χ2v) is 17.7. The largest absolute Gasteiger partial charge is 0.462 e. The summed E-state index contributed by atoms with van der Waals surface area (Å²) in [5.41, 5.74) is 2.35. The minimum Gasteiger partial charge on any atom is -0.462 e. The molecule has 0 aromatic carbocycles. The average Bonchev–Trinajstić information content (AvgIpc) is 3.44. The predicted octanol–water partition coefficient (Wildman–Crippen LogP) is 13.3. The Morgan fingerprint density at radius 1 is 0.840 bits per heavy atom. The first-order chi connectivity index (χ1) is 24.1.